The van der Waals surface area contributed by atoms with Crippen LogP contribution in [0.15, 0.2) is 58.4 Å². The Morgan fingerprint density at radius 1 is 1.23 bits per heavy atom. The second kappa shape index (κ2) is 6.85. The summed E-state index contributed by atoms with van der Waals surface area (Å²) >= 11 is 7.67. The molecule has 1 aliphatic heterocycles. The van der Waals surface area contributed by atoms with Crippen molar-refractivity contribution in [3.05, 3.63) is 59.1 Å². The van der Waals surface area contributed by atoms with Crippen LogP contribution >= 0.6 is 23.4 Å². The number of fused-ring (bicyclic) bond motifs is 1. The third kappa shape index (κ3) is 3.61. The number of halogens is 1. The first-order valence-corrected chi connectivity index (χ1v) is 8.11. The Labute approximate surface area is 137 Å². The summed E-state index contributed by atoms with van der Waals surface area (Å²) in [5.74, 6) is 1.02. The first-order valence-electron chi connectivity index (χ1n) is 6.74. The first kappa shape index (κ1) is 14.9. The molecule has 0 aliphatic carbocycles. The van der Waals surface area contributed by atoms with E-state index in [1.165, 1.54) is 0 Å². The second-order valence-corrected chi connectivity index (χ2v) is 6.20. The number of nitrogens with one attached hydrogen (secondary N) is 1. The van der Waals surface area contributed by atoms with Gasteiger partial charge in [-0.05, 0) is 30.3 Å². The van der Waals surface area contributed by atoms with Gasteiger partial charge in [0.1, 0.15) is 5.84 Å². The molecule has 0 atom stereocenters. The average Bonchev–Trinajstić information content (AvgIpc) is 2.75. The number of hydroxylamine groups is 1. The van der Waals surface area contributed by atoms with E-state index in [0.29, 0.717) is 22.8 Å². The summed E-state index contributed by atoms with van der Waals surface area (Å²) in [6.07, 6.45) is 0.680. The molecule has 0 bridgehead atoms. The minimum atomic E-state index is -0.434. The van der Waals surface area contributed by atoms with Gasteiger partial charge in [-0.15, -0.1) is 11.8 Å². The quantitative estimate of drug-likeness (QED) is 0.794. The zero-order valence-electron chi connectivity index (χ0n) is 11.6. The molecular formula is C16H13ClN2O2S. The number of carbonyl (C=O) groups excluding carboxylic acids is 1. The van der Waals surface area contributed by atoms with Crippen molar-refractivity contribution in [1.82, 2.24) is 5.48 Å². The van der Waals surface area contributed by atoms with Crippen molar-refractivity contribution in [2.75, 3.05) is 5.75 Å². The van der Waals surface area contributed by atoms with Gasteiger partial charge in [0.05, 0.1) is 11.3 Å². The van der Waals surface area contributed by atoms with Gasteiger partial charge in [-0.3, -0.25) is 0 Å². The first-order chi connectivity index (χ1) is 10.7. The number of carbonyl (C=O) groups is 1. The Morgan fingerprint density at radius 2 is 2.05 bits per heavy atom. The molecule has 1 aliphatic rings. The number of rotatable bonds is 1. The molecule has 1 heterocycles. The van der Waals surface area contributed by atoms with Crippen LogP contribution in [0.3, 0.4) is 0 Å². The number of thioether (sulfide) groups is 1. The van der Waals surface area contributed by atoms with Gasteiger partial charge in [-0.25, -0.2) is 15.3 Å². The van der Waals surface area contributed by atoms with Gasteiger partial charge in [-0.1, -0.05) is 29.8 Å². The van der Waals surface area contributed by atoms with Crippen molar-refractivity contribution in [1.29, 1.82) is 0 Å². The predicted molar refractivity (Wildman–Crippen MR) is 88.9 cm³/mol. The molecule has 0 saturated carbocycles. The number of hydrogen-bond donors (Lipinski definition) is 1. The van der Waals surface area contributed by atoms with Crippen LogP contribution < -0.4 is 5.48 Å². The van der Waals surface area contributed by atoms with E-state index in [1.807, 2.05) is 18.2 Å². The molecule has 0 unspecified atom stereocenters. The van der Waals surface area contributed by atoms with Gasteiger partial charge in [0.2, 0.25) is 0 Å². The standard InChI is InChI=1S/C16H13ClN2O2S/c17-12-6-7-13-14(10-12)22-9-8-15(18-13)19-21-16(20)11-4-2-1-3-5-11/h1-7,10H,8-9H2,(H,18,19). The van der Waals surface area contributed by atoms with Gasteiger partial charge in [0.15, 0.2) is 0 Å². The molecule has 0 fully saturated rings. The third-order valence-electron chi connectivity index (χ3n) is 3.04. The van der Waals surface area contributed by atoms with E-state index >= 15 is 0 Å². The summed E-state index contributed by atoms with van der Waals surface area (Å²) in [6.45, 7) is 0. The second-order valence-electron chi connectivity index (χ2n) is 4.63. The Bertz CT molecular complexity index is 719. The van der Waals surface area contributed by atoms with Crippen LogP contribution in [-0.2, 0) is 4.84 Å². The highest BCUT2D eigenvalue weighted by atomic mass is 35.5. The third-order valence-corrected chi connectivity index (χ3v) is 4.33. The fourth-order valence-electron chi connectivity index (χ4n) is 1.97. The van der Waals surface area contributed by atoms with Gasteiger partial charge in [0, 0.05) is 22.1 Å². The maximum Gasteiger partial charge on any atom is 0.362 e. The van der Waals surface area contributed by atoms with E-state index in [2.05, 4.69) is 10.5 Å². The van der Waals surface area contributed by atoms with E-state index in [9.17, 15) is 4.79 Å². The molecule has 0 aromatic heterocycles. The summed E-state index contributed by atoms with van der Waals surface area (Å²) in [5.41, 5.74) is 3.99. The Kier molecular flexibility index (Phi) is 4.65. The lowest BCUT2D eigenvalue weighted by atomic mass is 10.2. The molecular weight excluding hydrogens is 320 g/mol. The van der Waals surface area contributed by atoms with Crippen LogP contribution in [0, 0.1) is 0 Å². The molecule has 4 nitrogen and oxygen atoms in total. The minimum absolute atomic E-state index is 0.434. The number of aliphatic imine (C=N–C) groups is 1. The highest BCUT2D eigenvalue weighted by Crippen LogP contribution is 2.34. The van der Waals surface area contributed by atoms with Gasteiger partial charge < -0.3 is 4.84 Å². The van der Waals surface area contributed by atoms with Crippen LogP contribution in [-0.4, -0.2) is 17.6 Å². The molecule has 112 valence electrons. The Balaban J connectivity index is 1.70. The molecule has 1 N–H and O–H groups in total. The van der Waals surface area contributed by atoms with Crippen molar-refractivity contribution in [2.45, 2.75) is 11.3 Å². The number of amidine groups is 1. The lowest BCUT2D eigenvalue weighted by Crippen LogP contribution is -2.27. The fraction of sp³-hybridized carbons (Fsp3) is 0.125. The zero-order valence-corrected chi connectivity index (χ0v) is 13.2. The molecule has 6 heteroatoms. The van der Waals surface area contributed by atoms with Gasteiger partial charge in [-0.2, -0.15) is 0 Å². The predicted octanol–water partition coefficient (Wildman–Crippen LogP) is 4.23. The highest BCUT2D eigenvalue weighted by molar-refractivity contribution is 7.99. The summed E-state index contributed by atoms with van der Waals surface area (Å²) < 4.78 is 0. The van der Waals surface area contributed by atoms with Crippen LogP contribution in [0.2, 0.25) is 5.02 Å². The normalized spacial score (nSPS) is 13.6. The SMILES string of the molecule is O=C(ONC1=Nc2ccc(Cl)cc2SCC1)c1ccccc1. The van der Waals surface area contributed by atoms with Crippen LogP contribution in [0.1, 0.15) is 16.8 Å². The summed E-state index contributed by atoms with van der Waals surface area (Å²) in [7, 11) is 0. The molecule has 0 saturated heterocycles. The summed E-state index contributed by atoms with van der Waals surface area (Å²) in [5, 5.41) is 0.688. The van der Waals surface area contributed by atoms with E-state index in [-0.39, 0.29) is 0 Å². The number of nitrogens with zero attached hydrogens (tertiary/aromatic N) is 1. The maximum atomic E-state index is 11.9. The minimum Gasteiger partial charge on any atom is -0.337 e. The van der Waals surface area contributed by atoms with Crippen LogP contribution in [0.5, 0.6) is 0 Å². The average molecular weight is 333 g/mol. The van der Waals surface area contributed by atoms with Crippen molar-refractivity contribution in [3.8, 4) is 0 Å². The molecule has 3 rings (SSSR count). The maximum absolute atomic E-state index is 11.9. The Hall–Kier alpha value is -1.98. The highest BCUT2D eigenvalue weighted by Gasteiger charge is 2.13. The molecule has 0 spiro atoms. The van der Waals surface area contributed by atoms with Crippen molar-refractivity contribution >= 4 is 40.9 Å². The molecule has 2 aromatic carbocycles. The van der Waals surface area contributed by atoms with Crippen LogP contribution in [0.4, 0.5) is 5.69 Å². The molecule has 2 aromatic rings. The smallest absolute Gasteiger partial charge is 0.337 e. The van der Waals surface area contributed by atoms with E-state index in [4.69, 9.17) is 16.4 Å². The Morgan fingerprint density at radius 3 is 2.86 bits per heavy atom. The molecule has 22 heavy (non-hydrogen) atoms. The lowest BCUT2D eigenvalue weighted by molar-refractivity contribution is 0.0383. The van der Waals surface area contributed by atoms with Crippen molar-refractivity contribution in [2.24, 2.45) is 4.99 Å². The van der Waals surface area contributed by atoms with E-state index in [1.54, 1.807) is 42.1 Å². The number of hydrogen-bond acceptors (Lipinski definition) is 5. The summed E-state index contributed by atoms with van der Waals surface area (Å²) in [4.78, 5) is 22.5. The van der Waals surface area contributed by atoms with E-state index < -0.39 is 5.97 Å². The van der Waals surface area contributed by atoms with Gasteiger partial charge >= 0.3 is 5.97 Å². The fourth-order valence-corrected chi connectivity index (χ4v) is 3.19. The van der Waals surface area contributed by atoms with Crippen molar-refractivity contribution < 1.29 is 9.63 Å². The molecule has 0 amide bonds. The molecule has 0 radical (unpaired) electrons. The number of benzene rings is 2. The zero-order chi connectivity index (χ0) is 15.4. The van der Waals surface area contributed by atoms with Crippen LogP contribution in [0.25, 0.3) is 0 Å². The summed E-state index contributed by atoms with van der Waals surface area (Å²) in [6, 6.07) is 14.4. The largest absolute Gasteiger partial charge is 0.362 e. The lowest BCUT2D eigenvalue weighted by Gasteiger charge is -2.08. The van der Waals surface area contributed by atoms with Crippen molar-refractivity contribution in [3.63, 3.8) is 0 Å². The monoisotopic (exact) mass is 332 g/mol. The van der Waals surface area contributed by atoms with E-state index in [0.717, 1.165) is 16.3 Å². The topological polar surface area (TPSA) is 50.7 Å². The van der Waals surface area contributed by atoms with Gasteiger partial charge in [0.25, 0.3) is 0 Å².